The third-order valence-electron chi connectivity index (χ3n) is 6.63. The van der Waals surface area contributed by atoms with Crippen LogP contribution >= 0.6 is 0 Å². The Hall–Kier alpha value is -4.21. The number of benzene rings is 3. The molecular formula is C30H28N2O6S. The van der Waals surface area contributed by atoms with Gasteiger partial charge in [-0.3, -0.25) is 4.79 Å². The molecular weight excluding hydrogens is 516 g/mol. The fourth-order valence-corrected chi connectivity index (χ4v) is 5.34. The summed E-state index contributed by atoms with van der Waals surface area (Å²) in [5.74, 6) is -0.593. The Morgan fingerprint density at radius 3 is 2.49 bits per heavy atom. The number of rotatable bonds is 8. The number of para-hydroxylation sites is 1. The number of carbonyl (C=O) groups excluding carboxylic acids is 1. The molecule has 0 fully saturated rings. The Kier molecular flexibility index (Phi) is 7.12. The first-order valence-electron chi connectivity index (χ1n) is 12.5. The molecule has 2 aromatic heterocycles. The molecule has 9 heteroatoms. The van der Waals surface area contributed by atoms with E-state index in [0.717, 1.165) is 22.1 Å². The van der Waals surface area contributed by atoms with Crippen LogP contribution in [0.5, 0.6) is 5.75 Å². The molecule has 1 unspecified atom stereocenters. The van der Waals surface area contributed by atoms with Crippen molar-refractivity contribution in [3.63, 3.8) is 0 Å². The smallest absolute Gasteiger partial charge is 0.265 e. The number of carbonyl (C=O) groups is 1. The van der Waals surface area contributed by atoms with E-state index in [4.69, 9.17) is 19.2 Å². The Balaban J connectivity index is 1.72. The number of aliphatic hydroxyl groups is 1. The largest absolute Gasteiger partial charge is 0.485 e. The number of fused-ring (bicyclic) bond motifs is 2. The fraction of sp³-hybridized carbons (Fsp3) is 0.200. The van der Waals surface area contributed by atoms with E-state index in [1.54, 1.807) is 6.07 Å². The van der Waals surface area contributed by atoms with E-state index in [0.29, 0.717) is 33.7 Å². The van der Waals surface area contributed by atoms with Crippen molar-refractivity contribution in [1.29, 1.82) is 0 Å². The first-order chi connectivity index (χ1) is 18.7. The van der Waals surface area contributed by atoms with Crippen molar-refractivity contribution in [3.05, 3.63) is 95.1 Å². The van der Waals surface area contributed by atoms with Gasteiger partial charge in [0.25, 0.3) is 5.91 Å². The number of hydrogen-bond acceptors (Lipinski definition) is 7. The average Bonchev–Trinajstić information content (AvgIpc) is 3.26. The first-order valence-corrected chi connectivity index (χ1v) is 14.1. The van der Waals surface area contributed by atoms with E-state index >= 15 is 0 Å². The van der Waals surface area contributed by atoms with Gasteiger partial charge >= 0.3 is 0 Å². The molecule has 2 N–H and O–H groups in total. The molecule has 5 aromatic rings. The molecule has 0 aliphatic heterocycles. The van der Waals surface area contributed by atoms with E-state index in [1.165, 1.54) is 6.07 Å². The zero-order valence-electron chi connectivity index (χ0n) is 21.8. The van der Waals surface area contributed by atoms with Crippen LogP contribution in [0, 0.1) is 13.8 Å². The Morgan fingerprint density at radius 2 is 1.77 bits per heavy atom. The van der Waals surface area contributed by atoms with Crippen LogP contribution in [0.3, 0.4) is 0 Å². The lowest BCUT2D eigenvalue weighted by Gasteiger charge is -2.19. The van der Waals surface area contributed by atoms with Crippen molar-refractivity contribution < 1.29 is 27.5 Å². The summed E-state index contributed by atoms with van der Waals surface area (Å²) in [5, 5.41) is 10.5. The molecule has 5 rings (SSSR count). The van der Waals surface area contributed by atoms with Crippen LogP contribution in [-0.4, -0.2) is 36.8 Å². The molecule has 39 heavy (non-hydrogen) atoms. The number of hydrogen-bond donors (Lipinski definition) is 2. The van der Waals surface area contributed by atoms with Gasteiger partial charge in [0, 0.05) is 10.9 Å². The minimum absolute atomic E-state index is 0.0651. The van der Waals surface area contributed by atoms with Crippen molar-refractivity contribution in [2.45, 2.75) is 26.9 Å². The highest BCUT2D eigenvalue weighted by Crippen LogP contribution is 2.38. The molecule has 0 bridgehead atoms. The van der Waals surface area contributed by atoms with Crippen LogP contribution in [0.25, 0.3) is 33.3 Å². The number of ether oxygens (including phenoxy) is 1. The summed E-state index contributed by atoms with van der Waals surface area (Å²) >= 11 is 0. The van der Waals surface area contributed by atoms with Gasteiger partial charge in [-0.25, -0.2) is 18.1 Å². The van der Waals surface area contributed by atoms with Crippen molar-refractivity contribution in [3.8, 4) is 17.2 Å². The number of nitrogens with one attached hydrogen (secondary N) is 1. The number of sulfonamides is 1. The summed E-state index contributed by atoms with van der Waals surface area (Å²) in [7, 11) is -4.08. The van der Waals surface area contributed by atoms with Gasteiger partial charge in [0.15, 0.2) is 5.76 Å². The molecule has 3 aromatic carbocycles. The van der Waals surface area contributed by atoms with E-state index in [9.17, 15) is 13.2 Å². The molecule has 1 atom stereocenters. The van der Waals surface area contributed by atoms with Gasteiger partial charge in [-0.05, 0) is 50.1 Å². The van der Waals surface area contributed by atoms with Crippen LogP contribution in [0.1, 0.15) is 40.1 Å². The number of furan rings is 1. The van der Waals surface area contributed by atoms with Gasteiger partial charge < -0.3 is 14.3 Å². The summed E-state index contributed by atoms with van der Waals surface area (Å²) in [6, 6.07) is 22.3. The topological polar surface area (TPSA) is 119 Å². The van der Waals surface area contributed by atoms with Gasteiger partial charge in [-0.15, -0.1) is 0 Å². The van der Waals surface area contributed by atoms with Gasteiger partial charge in [-0.1, -0.05) is 54.6 Å². The number of pyridine rings is 1. The normalized spacial score (nSPS) is 12.5. The second-order valence-corrected chi connectivity index (χ2v) is 11.2. The third-order valence-corrected chi connectivity index (χ3v) is 7.84. The van der Waals surface area contributed by atoms with E-state index in [1.807, 2.05) is 81.4 Å². The van der Waals surface area contributed by atoms with Crippen LogP contribution in [-0.2, 0) is 10.0 Å². The molecule has 0 saturated carbocycles. The van der Waals surface area contributed by atoms with Crippen LogP contribution in [0.15, 0.2) is 77.2 Å². The third kappa shape index (κ3) is 5.23. The van der Waals surface area contributed by atoms with Crippen LogP contribution in [0.2, 0.25) is 0 Å². The summed E-state index contributed by atoms with van der Waals surface area (Å²) in [4.78, 5) is 18.4. The highest BCUT2D eigenvalue weighted by Gasteiger charge is 2.25. The monoisotopic (exact) mass is 544 g/mol. The average molecular weight is 545 g/mol. The second kappa shape index (κ2) is 10.5. The molecule has 0 saturated heterocycles. The van der Waals surface area contributed by atoms with Crippen molar-refractivity contribution >= 4 is 37.8 Å². The highest BCUT2D eigenvalue weighted by atomic mass is 32.2. The van der Waals surface area contributed by atoms with Crippen LogP contribution in [0.4, 0.5) is 0 Å². The lowest BCUT2D eigenvalue weighted by atomic mass is 10.0. The fourth-order valence-electron chi connectivity index (χ4n) is 4.61. The minimum atomic E-state index is -4.08. The van der Waals surface area contributed by atoms with Crippen molar-refractivity contribution in [1.82, 2.24) is 9.71 Å². The molecule has 200 valence electrons. The lowest BCUT2D eigenvalue weighted by Crippen LogP contribution is -2.33. The number of nitrogens with zero attached hydrogens (tertiary/aromatic N) is 1. The predicted molar refractivity (Wildman–Crippen MR) is 150 cm³/mol. The summed E-state index contributed by atoms with van der Waals surface area (Å²) in [6.45, 7) is 5.04. The zero-order chi connectivity index (χ0) is 27.7. The predicted octanol–water partition coefficient (Wildman–Crippen LogP) is 5.46. The minimum Gasteiger partial charge on any atom is -0.485 e. The highest BCUT2D eigenvalue weighted by molar-refractivity contribution is 7.90. The zero-order valence-corrected chi connectivity index (χ0v) is 22.6. The van der Waals surface area contributed by atoms with Gasteiger partial charge in [-0.2, -0.15) is 0 Å². The number of amides is 1. The number of aryl methyl sites for hydroxylation is 2. The standard InChI is InChI=1S/C30H28N2O6S/c1-18-13-14-26(37-20(3)21-9-5-4-6-10-21)27-23(30(34)32-39(35,36)16-15-33)17-24(31-28(18)27)29-19(2)22-11-7-8-12-25(22)38-29/h4-14,17,20,33H,15-16H2,1-3H3,(H,32,34). The van der Waals surface area contributed by atoms with Gasteiger partial charge in [0.2, 0.25) is 10.0 Å². The SMILES string of the molecule is Cc1c(-c2cc(C(=O)NS(=O)(=O)CCO)c3c(OC(C)c4ccccc4)ccc(C)c3n2)oc2ccccc12. The summed E-state index contributed by atoms with van der Waals surface area (Å²) in [6.07, 6.45) is -0.358. The molecule has 0 aliphatic carbocycles. The van der Waals surface area contributed by atoms with E-state index in [-0.39, 0.29) is 11.7 Å². The van der Waals surface area contributed by atoms with E-state index in [2.05, 4.69) is 4.72 Å². The second-order valence-electron chi connectivity index (χ2n) is 9.36. The lowest BCUT2D eigenvalue weighted by molar-refractivity contribution is 0.0982. The Bertz CT molecular complexity index is 1800. The Morgan fingerprint density at radius 1 is 1.05 bits per heavy atom. The quantitative estimate of drug-likeness (QED) is 0.266. The Labute approximate surface area is 226 Å². The van der Waals surface area contributed by atoms with Crippen molar-refractivity contribution in [2.24, 2.45) is 0 Å². The number of aliphatic hydroxyl groups excluding tert-OH is 1. The maximum absolute atomic E-state index is 13.5. The van der Waals surface area contributed by atoms with Gasteiger partial charge in [0.1, 0.15) is 23.1 Å². The van der Waals surface area contributed by atoms with Crippen LogP contribution < -0.4 is 9.46 Å². The molecule has 0 aliphatic rings. The first kappa shape index (κ1) is 26.4. The molecule has 2 heterocycles. The molecule has 1 amide bonds. The summed E-state index contributed by atoms with van der Waals surface area (Å²) < 4.78 is 39.4. The van der Waals surface area contributed by atoms with E-state index < -0.39 is 28.3 Å². The van der Waals surface area contributed by atoms with Gasteiger partial charge in [0.05, 0.1) is 28.8 Å². The molecule has 0 radical (unpaired) electrons. The maximum Gasteiger partial charge on any atom is 0.265 e. The maximum atomic E-state index is 13.5. The van der Waals surface area contributed by atoms with Crippen molar-refractivity contribution in [2.75, 3.05) is 12.4 Å². The number of aromatic nitrogens is 1. The molecule has 8 nitrogen and oxygen atoms in total. The molecule has 0 spiro atoms. The summed E-state index contributed by atoms with van der Waals surface area (Å²) in [5.41, 5.74) is 4.16.